The molecule has 11 heteroatoms. The number of halogens is 1. The van der Waals surface area contributed by atoms with Crippen LogP contribution < -0.4 is 21.3 Å². The van der Waals surface area contributed by atoms with Gasteiger partial charge in [-0.3, -0.25) is 24.9 Å². The van der Waals surface area contributed by atoms with Crippen molar-refractivity contribution < 1.29 is 14.0 Å². The van der Waals surface area contributed by atoms with E-state index in [2.05, 4.69) is 36.2 Å². The summed E-state index contributed by atoms with van der Waals surface area (Å²) in [5, 5.41) is 20.2. The van der Waals surface area contributed by atoms with Crippen LogP contribution in [0.15, 0.2) is 47.7 Å². The number of nitriles is 1. The Labute approximate surface area is 231 Å². The highest BCUT2D eigenvalue weighted by Gasteiger charge is 2.26. The maximum Gasteiger partial charge on any atom is 0.256 e. The van der Waals surface area contributed by atoms with Crippen LogP contribution in [0.25, 0.3) is 11.6 Å². The Kier molecular flexibility index (Phi) is 9.25. The van der Waals surface area contributed by atoms with E-state index < -0.39 is 5.82 Å². The van der Waals surface area contributed by atoms with Crippen LogP contribution in [0.4, 0.5) is 15.8 Å². The highest BCUT2D eigenvalue weighted by molar-refractivity contribution is 6.34. The molecule has 0 saturated heterocycles. The van der Waals surface area contributed by atoms with Crippen molar-refractivity contribution in [1.82, 2.24) is 20.6 Å². The fourth-order valence-corrected chi connectivity index (χ4v) is 4.51. The Morgan fingerprint density at radius 2 is 1.93 bits per heavy atom. The molecule has 0 unspecified atom stereocenters. The van der Waals surface area contributed by atoms with Gasteiger partial charge in [0.15, 0.2) is 6.19 Å². The van der Waals surface area contributed by atoms with E-state index in [1.54, 1.807) is 30.6 Å². The zero-order chi connectivity index (χ0) is 28.5. The van der Waals surface area contributed by atoms with E-state index in [1.807, 2.05) is 20.0 Å². The summed E-state index contributed by atoms with van der Waals surface area (Å²) in [5.41, 5.74) is 4.78. The first-order valence-electron chi connectivity index (χ1n) is 13.0. The van der Waals surface area contributed by atoms with Crippen molar-refractivity contribution in [1.29, 1.82) is 5.26 Å². The Hall–Kier alpha value is -4.98. The fourth-order valence-electron chi connectivity index (χ4n) is 4.51. The van der Waals surface area contributed by atoms with Crippen LogP contribution >= 0.6 is 0 Å². The number of unbranched alkanes of at least 4 members (excludes halogenated alkanes) is 3. The standard InChI is InChI=1S/C29H31FN8O2/c1-18-25(16-23-22-15-20(30)7-8-24(22)38-27(23)39)36-19(2)26(18)28(40)33-11-5-3-4-6-12-34-29(35-17-31)37-21-9-13-32-14-10-21/h7-10,13-16,36H,3-6,11-12H2,1-2H3,(H,33,40)(H,38,39)(H2,32,34,35,37)/b23-16-. The largest absolute Gasteiger partial charge is 0.358 e. The zero-order valence-electron chi connectivity index (χ0n) is 22.4. The van der Waals surface area contributed by atoms with E-state index in [-0.39, 0.29) is 11.8 Å². The summed E-state index contributed by atoms with van der Waals surface area (Å²) < 4.78 is 13.8. The van der Waals surface area contributed by atoms with Gasteiger partial charge in [-0.2, -0.15) is 5.26 Å². The van der Waals surface area contributed by atoms with E-state index >= 15 is 0 Å². The van der Waals surface area contributed by atoms with Crippen molar-refractivity contribution >= 4 is 40.8 Å². The molecule has 0 saturated carbocycles. The number of nitrogens with one attached hydrogen (secondary N) is 5. The molecule has 2 amide bonds. The number of aromatic amines is 1. The van der Waals surface area contributed by atoms with Crippen LogP contribution in [0, 0.1) is 31.1 Å². The Bertz CT molecular complexity index is 1490. The molecular weight excluding hydrogens is 511 g/mol. The lowest BCUT2D eigenvalue weighted by atomic mass is 10.0. The van der Waals surface area contributed by atoms with Crippen LogP contribution in [0.2, 0.25) is 0 Å². The van der Waals surface area contributed by atoms with Crippen molar-refractivity contribution in [3.05, 3.63) is 76.6 Å². The highest BCUT2D eigenvalue weighted by Crippen LogP contribution is 2.34. The number of nitrogens with zero attached hydrogens (tertiary/aromatic N) is 3. The lowest BCUT2D eigenvalue weighted by molar-refractivity contribution is -0.110. The maximum absolute atomic E-state index is 13.8. The second kappa shape index (κ2) is 13.2. The number of carbonyl (C=O) groups is 2. The van der Waals surface area contributed by atoms with Crippen LogP contribution in [-0.4, -0.2) is 40.8 Å². The van der Waals surface area contributed by atoms with Gasteiger partial charge >= 0.3 is 0 Å². The molecule has 0 bridgehead atoms. The molecule has 206 valence electrons. The molecule has 0 spiro atoms. The van der Waals surface area contributed by atoms with Gasteiger partial charge in [-0.1, -0.05) is 12.8 Å². The third kappa shape index (κ3) is 6.91. The third-order valence-corrected chi connectivity index (χ3v) is 6.51. The number of aliphatic imine (C=N–C) groups is 1. The number of hydrogen-bond donors (Lipinski definition) is 5. The minimum Gasteiger partial charge on any atom is -0.358 e. The van der Waals surface area contributed by atoms with Gasteiger partial charge in [0.05, 0.1) is 11.1 Å². The first-order chi connectivity index (χ1) is 19.4. The highest BCUT2D eigenvalue weighted by atomic mass is 19.1. The number of carbonyl (C=O) groups excluding carboxylic acids is 2. The summed E-state index contributed by atoms with van der Waals surface area (Å²) in [7, 11) is 0. The minimum atomic E-state index is -0.424. The molecule has 3 aromatic rings. The quantitative estimate of drug-likeness (QED) is 0.0637. The summed E-state index contributed by atoms with van der Waals surface area (Å²) >= 11 is 0. The number of hydrogen-bond acceptors (Lipinski definition) is 5. The van der Waals surface area contributed by atoms with Gasteiger partial charge in [-0.15, -0.1) is 0 Å². The van der Waals surface area contributed by atoms with Gasteiger partial charge in [0, 0.05) is 53.8 Å². The van der Waals surface area contributed by atoms with Crippen LogP contribution in [0.5, 0.6) is 0 Å². The van der Waals surface area contributed by atoms with Gasteiger partial charge in [0.2, 0.25) is 5.96 Å². The summed E-state index contributed by atoms with van der Waals surface area (Å²) in [6.45, 7) is 4.72. The van der Waals surface area contributed by atoms with Crippen LogP contribution in [0.1, 0.15) is 58.6 Å². The molecular formula is C29H31FN8O2. The van der Waals surface area contributed by atoms with Crippen LogP contribution in [-0.2, 0) is 4.79 Å². The van der Waals surface area contributed by atoms with E-state index in [1.165, 1.54) is 18.2 Å². The predicted octanol–water partition coefficient (Wildman–Crippen LogP) is 4.49. The fraction of sp³-hybridized carbons (Fsp3) is 0.276. The number of H-pyrrole nitrogens is 1. The second-order valence-corrected chi connectivity index (χ2v) is 9.36. The monoisotopic (exact) mass is 542 g/mol. The van der Waals surface area contributed by atoms with E-state index in [0.717, 1.165) is 36.9 Å². The van der Waals surface area contributed by atoms with Gasteiger partial charge in [0.25, 0.3) is 11.8 Å². The minimum absolute atomic E-state index is 0.183. The molecule has 0 aliphatic carbocycles. The van der Waals surface area contributed by atoms with E-state index in [9.17, 15) is 14.0 Å². The number of amides is 2. The molecule has 0 radical (unpaired) electrons. The molecule has 0 atom stereocenters. The lowest BCUT2D eigenvalue weighted by Crippen LogP contribution is -2.27. The van der Waals surface area contributed by atoms with Gasteiger partial charge in [0.1, 0.15) is 5.82 Å². The summed E-state index contributed by atoms with van der Waals surface area (Å²) in [6.07, 6.45) is 10.4. The number of guanidine groups is 1. The molecule has 1 aliphatic heterocycles. The number of fused-ring (bicyclic) bond motifs is 1. The van der Waals surface area contributed by atoms with Crippen LogP contribution in [0.3, 0.4) is 0 Å². The average Bonchev–Trinajstić information content (AvgIpc) is 3.39. The average molecular weight is 543 g/mol. The molecule has 1 aromatic carbocycles. The predicted molar refractivity (Wildman–Crippen MR) is 153 cm³/mol. The van der Waals surface area contributed by atoms with Crippen molar-refractivity contribution in [2.45, 2.75) is 39.5 Å². The molecule has 4 rings (SSSR count). The maximum atomic E-state index is 13.8. The second-order valence-electron chi connectivity index (χ2n) is 9.36. The van der Waals surface area contributed by atoms with Gasteiger partial charge in [-0.05, 0) is 68.7 Å². The molecule has 0 fully saturated rings. The number of rotatable bonds is 10. The molecule has 5 N–H and O–H groups in total. The molecule has 1 aliphatic rings. The zero-order valence-corrected chi connectivity index (χ0v) is 22.4. The first kappa shape index (κ1) is 28.0. The summed E-state index contributed by atoms with van der Waals surface area (Å²) in [6, 6.07) is 7.73. The van der Waals surface area contributed by atoms with Crippen molar-refractivity contribution in [2.75, 3.05) is 23.7 Å². The number of aryl methyl sites for hydroxylation is 1. The molecule has 40 heavy (non-hydrogen) atoms. The number of benzene rings is 1. The Morgan fingerprint density at radius 1 is 1.15 bits per heavy atom. The Morgan fingerprint density at radius 3 is 2.70 bits per heavy atom. The van der Waals surface area contributed by atoms with E-state index in [4.69, 9.17) is 5.26 Å². The number of aromatic nitrogens is 2. The number of anilines is 2. The number of pyridine rings is 1. The topological polar surface area (TPSA) is 147 Å². The van der Waals surface area contributed by atoms with Gasteiger partial charge < -0.3 is 20.9 Å². The normalized spacial score (nSPS) is 13.5. The SMILES string of the molecule is Cc1[nH]c(/C=C2\C(=O)Nc3ccc(F)cc32)c(C)c1C(=O)NCCCCCCN=C(NC#N)Nc1ccncc1. The van der Waals surface area contributed by atoms with Crippen molar-refractivity contribution in [3.63, 3.8) is 0 Å². The van der Waals surface area contributed by atoms with E-state index in [0.29, 0.717) is 52.8 Å². The molecule has 10 nitrogen and oxygen atoms in total. The summed E-state index contributed by atoms with van der Waals surface area (Å²) in [5.74, 6) is -0.533. The first-order valence-corrected chi connectivity index (χ1v) is 13.0. The van der Waals surface area contributed by atoms with Crippen molar-refractivity contribution in [3.8, 4) is 6.19 Å². The lowest BCUT2D eigenvalue weighted by Gasteiger charge is -2.08. The Balaban J connectivity index is 1.24. The smallest absolute Gasteiger partial charge is 0.256 e. The summed E-state index contributed by atoms with van der Waals surface area (Å²) in [4.78, 5) is 36.9. The third-order valence-electron chi connectivity index (χ3n) is 6.51. The molecule has 2 aromatic heterocycles. The van der Waals surface area contributed by atoms with Gasteiger partial charge in [-0.25, -0.2) is 4.39 Å². The van der Waals surface area contributed by atoms with Crippen molar-refractivity contribution in [2.24, 2.45) is 4.99 Å². The molecule has 3 heterocycles.